The van der Waals surface area contributed by atoms with E-state index in [4.69, 9.17) is 10.5 Å². The third kappa shape index (κ3) is 4.60. The van der Waals surface area contributed by atoms with Gasteiger partial charge in [0.05, 0.1) is 18.8 Å². The zero-order valence-corrected chi connectivity index (χ0v) is 13.0. The predicted molar refractivity (Wildman–Crippen MR) is 84.7 cm³/mol. The number of ether oxygens (including phenoxy) is 1. The molecule has 0 spiro atoms. The minimum atomic E-state index is 0.00465. The first kappa shape index (κ1) is 15.5. The molecule has 2 nitrogen and oxygen atoms in total. The molecule has 0 heterocycles. The highest BCUT2D eigenvalue weighted by Gasteiger charge is 2.19. The summed E-state index contributed by atoms with van der Waals surface area (Å²) in [5.41, 5.74) is 8.82. The van der Waals surface area contributed by atoms with E-state index in [1.807, 2.05) is 0 Å². The predicted octanol–water partition coefficient (Wildman–Crippen LogP) is 4.23. The number of aryl methyl sites for hydroxylation is 1. The van der Waals surface area contributed by atoms with Crippen molar-refractivity contribution in [3.8, 4) is 0 Å². The van der Waals surface area contributed by atoms with Gasteiger partial charge in [-0.05, 0) is 49.1 Å². The molecule has 1 aliphatic rings. The quantitative estimate of drug-likeness (QED) is 0.843. The van der Waals surface area contributed by atoms with Crippen molar-refractivity contribution in [2.24, 2.45) is 11.7 Å². The van der Waals surface area contributed by atoms with E-state index in [0.29, 0.717) is 12.7 Å². The molecular weight excluding hydrogens is 246 g/mol. The molecule has 1 unspecified atom stereocenters. The average molecular weight is 275 g/mol. The van der Waals surface area contributed by atoms with Crippen molar-refractivity contribution in [3.05, 3.63) is 35.4 Å². The lowest BCUT2D eigenvalue weighted by Crippen LogP contribution is -2.25. The van der Waals surface area contributed by atoms with Crippen LogP contribution in [0.1, 0.15) is 63.1 Å². The molecule has 0 aromatic heterocycles. The van der Waals surface area contributed by atoms with Crippen LogP contribution in [0.2, 0.25) is 0 Å². The molecule has 0 saturated heterocycles. The molecule has 0 radical (unpaired) electrons. The Balaban J connectivity index is 1.77. The normalized spacial score (nSPS) is 24.6. The molecule has 2 rings (SSSR count). The first-order chi connectivity index (χ1) is 9.69. The smallest absolute Gasteiger partial charge is 0.0663 e. The maximum atomic E-state index is 6.24. The molecular formula is C18H29NO. The summed E-state index contributed by atoms with van der Waals surface area (Å²) < 4.78 is 6.00. The van der Waals surface area contributed by atoms with Gasteiger partial charge in [0.1, 0.15) is 0 Å². The largest absolute Gasteiger partial charge is 0.376 e. The van der Waals surface area contributed by atoms with Crippen molar-refractivity contribution >= 4 is 0 Å². The van der Waals surface area contributed by atoms with Gasteiger partial charge >= 0.3 is 0 Å². The lowest BCUT2D eigenvalue weighted by Gasteiger charge is -2.27. The Morgan fingerprint density at radius 3 is 2.40 bits per heavy atom. The van der Waals surface area contributed by atoms with E-state index in [-0.39, 0.29) is 6.04 Å². The van der Waals surface area contributed by atoms with Crippen molar-refractivity contribution in [2.75, 3.05) is 6.61 Å². The van der Waals surface area contributed by atoms with Crippen LogP contribution >= 0.6 is 0 Å². The van der Waals surface area contributed by atoms with Crippen molar-refractivity contribution in [3.63, 3.8) is 0 Å². The van der Waals surface area contributed by atoms with E-state index in [1.165, 1.54) is 43.2 Å². The summed E-state index contributed by atoms with van der Waals surface area (Å²) in [5, 5.41) is 0. The Bertz CT molecular complexity index is 379. The Hall–Kier alpha value is -0.860. The van der Waals surface area contributed by atoms with Gasteiger partial charge in [0.15, 0.2) is 0 Å². The van der Waals surface area contributed by atoms with Crippen molar-refractivity contribution in [1.82, 2.24) is 0 Å². The molecule has 1 aromatic carbocycles. The number of hydrogen-bond acceptors (Lipinski definition) is 2. The summed E-state index contributed by atoms with van der Waals surface area (Å²) in [4.78, 5) is 0. The monoisotopic (exact) mass is 275 g/mol. The van der Waals surface area contributed by atoms with Crippen LogP contribution < -0.4 is 5.73 Å². The first-order valence-corrected chi connectivity index (χ1v) is 8.15. The van der Waals surface area contributed by atoms with Crippen molar-refractivity contribution in [1.29, 1.82) is 0 Å². The second-order valence-corrected chi connectivity index (χ2v) is 6.31. The number of benzene rings is 1. The van der Waals surface area contributed by atoms with Gasteiger partial charge in [-0.25, -0.2) is 0 Å². The van der Waals surface area contributed by atoms with Crippen LogP contribution in [0, 0.1) is 5.92 Å². The van der Waals surface area contributed by atoms with E-state index in [9.17, 15) is 0 Å². The Labute approximate surface area is 123 Å². The third-order valence-electron chi connectivity index (χ3n) is 4.42. The van der Waals surface area contributed by atoms with Crippen LogP contribution in [0.15, 0.2) is 24.3 Å². The molecule has 0 bridgehead atoms. The molecule has 112 valence electrons. The van der Waals surface area contributed by atoms with Crippen LogP contribution in [0.25, 0.3) is 0 Å². The summed E-state index contributed by atoms with van der Waals surface area (Å²) in [5.74, 6) is 0.870. The molecule has 20 heavy (non-hydrogen) atoms. The van der Waals surface area contributed by atoms with Gasteiger partial charge in [-0.3, -0.25) is 0 Å². The van der Waals surface area contributed by atoms with Crippen molar-refractivity contribution < 1.29 is 4.74 Å². The maximum Gasteiger partial charge on any atom is 0.0663 e. The van der Waals surface area contributed by atoms with Crippen LogP contribution in [-0.4, -0.2) is 12.7 Å². The summed E-state index contributed by atoms with van der Waals surface area (Å²) >= 11 is 0. The minimum Gasteiger partial charge on any atom is -0.376 e. The van der Waals surface area contributed by atoms with E-state index in [1.54, 1.807) is 0 Å². The lowest BCUT2D eigenvalue weighted by atomic mass is 9.89. The molecule has 2 N–H and O–H groups in total. The number of rotatable bonds is 6. The SMILES string of the molecule is CCCc1ccc(C(N)COC2CCC(C)CC2)cc1. The zero-order chi connectivity index (χ0) is 14.4. The summed E-state index contributed by atoms with van der Waals surface area (Å²) in [6.45, 7) is 5.19. The van der Waals surface area contributed by atoms with E-state index in [2.05, 4.69) is 38.1 Å². The minimum absolute atomic E-state index is 0.00465. The highest BCUT2D eigenvalue weighted by molar-refractivity contribution is 5.25. The third-order valence-corrected chi connectivity index (χ3v) is 4.42. The van der Waals surface area contributed by atoms with Crippen molar-refractivity contribution in [2.45, 2.75) is 64.5 Å². The Morgan fingerprint density at radius 2 is 1.80 bits per heavy atom. The molecule has 2 heteroatoms. The molecule has 1 fully saturated rings. The molecule has 0 amide bonds. The molecule has 1 aliphatic carbocycles. The van der Waals surface area contributed by atoms with Gasteiger partial charge in [0.25, 0.3) is 0 Å². The second-order valence-electron chi connectivity index (χ2n) is 6.31. The van der Waals surface area contributed by atoms with E-state index < -0.39 is 0 Å². The topological polar surface area (TPSA) is 35.2 Å². The Kier molecular flexibility index (Phi) is 6.06. The van der Waals surface area contributed by atoms with Gasteiger partial charge in [-0.2, -0.15) is 0 Å². The molecule has 0 aliphatic heterocycles. The fourth-order valence-electron chi connectivity index (χ4n) is 2.95. The van der Waals surface area contributed by atoms with Crippen LogP contribution in [0.5, 0.6) is 0 Å². The lowest BCUT2D eigenvalue weighted by molar-refractivity contribution is 0.0126. The van der Waals surface area contributed by atoms with Crippen LogP contribution in [-0.2, 0) is 11.2 Å². The summed E-state index contributed by atoms with van der Waals surface area (Å²) in [7, 11) is 0. The summed E-state index contributed by atoms with van der Waals surface area (Å²) in [6.07, 6.45) is 7.75. The maximum absolute atomic E-state index is 6.24. The van der Waals surface area contributed by atoms with Gasteiger partial charge in [-0.1, -0.05) is 44.5 Å². The van der Waals surface area contributed by atoms with Gasteiger partial charge in [-0.15, -0.1) is 0 Å². The molecule has 1 atom stereocenters. The molecule has 1 aromatic rings. The van der Waals surface area contributed by atoms with E-state index in [0.717, 1.165) is 12.3 Å². The fraction of sp³-hybridized carbons (Fsp3) is 0.667. The fourth-order valence-corrected chi connectivity index (χ4v) is 2.95. The van der Waals surface area contributed by atoms with Gasteiger partial charge < -0.3 is 10.5 Å². The highest BCUT2D eigenvalue weighted by atomic mass is 16.5. The van der Waals surface area contributed by atoms with E-state index >= 15 is 0 Å². The number of hydrogen-bond donors (Lipinski definition) is 1. The molecule has 1 saturated carbocycles. The summed E-state index contributed by atoms with van der Waals surface area (Å²) in [6, 6.07) is 8.70. The van der Waals surface area contributed by atoms with Crippen LogP contribution in [0.4, 0.5) is 0 Å². The Morgan fingerprint density at radius 1 is 1.15 bits per heavy atom. The standard InChI is InChI=1S/C18H29NO/c1-3-4-15-7-9-16(10-8-15)18(19)13-20-17-11-5-14(2)6-12-17/h7-10,14,17-18H,3-6,11-13,19H2,1-2H3. The second kappa shape index (κ2) is 7.80. The highest BCUT2D eigenvalue weighted by Crippen LogP contribution is 2.26. The average Bonchev–Trinajstić information content (AvgIpc) is 2.47. The zero-order valence-electron chi connectivity index (χ0n) is 13.0. The van der Waals surface area contributed by atoms with Gasteiger partial charge in [0.2, 0.25) is 0 Å². The van der Waals surface area contributed by atoms with Crippen LogP contribution in [0.3, 0.4) is 0 Å². The van der Waals surface area contributed by atoms with Gasteiger partial charge in [0, 0.05) is 0 Å². The number of nitrogens with two attached hydrogens (primary N) is 1. The first-order valence-electron chi connectivity index (χ1n) is 8.15.